The van der Waals surface area contributed by atoms with Gasteiger partial charge in [0.1, 0.15) is 0 Å². The third kappa shape index (κ3) is 11.5. The number of fused-ring (bicyclic) bond motifs is 1. The molecule has 0 radical (unpaired) electrons. The summed E-state index contributed by atoms with van der Waals surface area (Å²) in [5, 5.41) is 14.1. The number of aromatic amines is 1. The minimum Gasteiger partial charge on any atom is -0.476 e. The molecule has 1 heterocycles. The number of H-pyrrole nitrogens is 1. The number of rotatable bonds is 17. The number of carbonyl (C=O) groups excluding carboxylic acids is 1. The summed E-state index contributed by atoms with van der Waals surface area (Å²) in [6.07, 6.45) is 4.75. The predicted molar refractivity (Wildman–Crippen MR) is 159 cm³/mol. The van der Waals surface area contributed by atoms with Gasteiger partial charge in [0.2, 0.25) is 11.8 Å². The van der Waals surface area contributed by atoms with Crippen LogP contribution in [0.2, 0.25) is 0 Å². The highest BCUT2D eigenvalue weighted by molar-refractivity contribution is 5.89. The molecule has 0 aliphatic heterocycles. The molecule has 1 aromatic heterocycles. The third-order valence-corrected chi connectivity index (χ3v) is 5.93. The van der Waals surface area contributed by atoms with Crippen molar-refractivity contribution in [3.63, 3.8) is 0 Å². The van der Waals surface area contributed by atoms with E-state index in [4.69, 9.17) is 9.47 Å². The van der Waals surface area contributed by atoms with Crippen molar-refractivity contribution in [2.75, 3.05) is 37.7 Å². The summed E-state index contributed by atoms with van der Waals surface area (Å²) >= 11 is 0. The van der Waals surface area contributed by atoms with Gasteiger partial charge in [0.15, 0.2) is 0 Å². The average molecular weight is 545 g/mol. The van der Waals surface area contributed by atoms with Gasteiger partial charge in [0.25, 0.3) is 11.6 Å². The second kappa shape index (κ2) is 17.3. The van der Waals surface area contributed by atoms with Gasteiger partial charge in [-0.05, 0) is 84.9 Å². The zero-order chi connectivity index (χ0) is 28.6. The van der Waals surface area contributed by atoms with Crippen LogP contribution < -0.4 is 25.8 Å². The molecule has 218 valence electrons. The number of amidine groups is 1. The van der Waals surface area contributed by atoms with E-state index in [1.165, 1.54) is 0 Å². The lowest BCUT2D eigenvalue weighted by Gasteiger charge is -2.23. The topological polar surface area (TPSA) is 121 Å². The molecule has 1 amide bonds. The van der Waals surface area contributed by atoms with E-state index in [-0.39, 0.29) is 23.6 Å². The number of aromatic nitrogens is 2. The van der Waals surface area contributed by atoms with Crippen molar-refractivity contribution in [1.82, 2.24) is 20.8 Å². The monoisotopic (exact) mass is 544 g/mol. The van der Waals surface area contributed by atoms with E-state index in [0.717, 1.165) is 56.3 Å². The lowest BCUT2D eigenvalue weighted by atomic mass is 10.1. The third-order valence-electron chi connectivity index (χ3n) is 5.93. The fourth-order valence-electron chi connectivity index (χ4n) is 4.00. The molecular formula is C29H48N6O4. The standard InChI is InChI=1S/C29H48N6O4/c1-7-18-38-28-25-20-23(14-15-24(25)27(37)33-34-28)35(8-2)17-11-10-16-30-26(36)13-9-12-19-39-29(31-21(3)4)32-22(5)6/h14-15,20-22H,7-13,16-19H2,1-6H3,(H,30,36)(H,31,32)(H,33,37). The first-order valence-corrected chi connectivity index (χ1v) is 14.4. The van der Waals surface area contributed by atoms with Crippen molar-refractivity contribution in [3.8, 4) is 5.88 Å². The summed E-state index contributed by atoms with van der Waals surface area (Å²) in [6.45, 7) is 15.7. The average Bonchev–Trinajstić information content (AvgIpc) is 2.89. The Morgan fingerprint density at radius 2 is 1.87 bits per heavy atom. The number of nitrogens with one attached hydrogen (secondary N) is 3. The van der Waals surface area contributed by atoms with Gasteiger partial charge in [-0.15, -0.1) is 5.10 Å². The first-order chi connectivity index (χ1) is 18.7. The maximum absolute atomic E-state index is 12.2. The quantitative estimate of drug-likeness (QED) is 0.153. The Bertz CT molecular complexity index is 1100. The van der Waals surface area contributed by atoms with Gasteiger partial charge in [0.05, 0.1) is 24.0 Å². The summed E-state index contributed by atoms with van der Waals surface area (Å²) in [4.78, 5) is 31.2. The van der Waals surface area contributed by atoms with Crippen LogP contribution in [0.15, 0.2) is 28.0 Å². The molecule has 0 atom stereocenters. The molecule has 10 heteroatoms. The van der Waals surface area contributed by atoms with E-state index < -0.39 is 0 Å². The Morgan fingerprint density at radius 1 is 1.08 bits per heavy atom. The molecular weight excluding hydrogens is 496 g/mol. The van der Waals surface area contributed by atoms with Crippen molar-refractivity contribution in [2.24, 2.45) is 4.99 Å². The minimum atomic E-state index is -0.223. The minimum absolute atomic E-state index is 0.0746. The SMILES string of the molecule is CCCOc1n[nH]c(=O)c2ccc(N(CC)CCCCNC(=O)CCCCOC(=NC(C)C)NC(C)C)cc12. The zero-order valence-corrected chi connectivity index (χ0v) is 24.6. The number of ether oxygens (including phenoxy) is 2. The number of aliphatic imine (C=N–C) groups is 1. The van der Waals surface area contributed by atoms with Crippen LogP contribution in [0.1, 0.15) is 80.1 Å². The molecule has 39 heavy (non-hydrogen) atoms. The highest BCUT2D eigenvalue weighted by atomic mass is 16.5. The Hall–Kier alpha value is -3.30. The maximum atomic E-state index is 12.2. The lowest BCUT2D eigenvalue weighted by molar-refractivity contribution is -0.121. The molecule has 1 aromatic carbocycles. The van der Waals surface area contributed by atoms with Gasteiger partial charge >= 0.3 is 0 Å². The van der Waals surface area contributed by atoms with Crippen molar-refractivity contribution in [2.45, 2.75) is 92.2 Å². The number of nitrogens with zero attached hydrogens (tertiary/aromatic N) is 3. The summed E-state index contributed by atoms with van der Waals surface area (Å²) in [5.41, 5.74) is 0.801. The lowest BCUT2D eigenvalue weighted by Crippen LogP contribution is -2.33. The summed E-state index contributed by atoms with van der Waals surface area (Å²) in [6, 6.07) is 6.77. The number of benzene rings is 1. The summed E-state index contributed by atoms with van der Waals surface area (Å²) in [7, 11) is 0. The molecule has 0 spiro atoms. The van der Waals surface area contributed by atoms with Crippen LogP contribution in [-0.4, -0.2) is 67.1 Å². The van der Waals surface area contributed by atoms with Crippen LogP contribution in [0, 0.1) is 0 Å². The second-order valence-electron chi connectivity index (χ2n) is 10.2. The van der Waals surface area contributed by atoms with Gasteiger partial charge < -0.3 is 25.0 Å². The van der Waals surface area contributed by atoms with Gasteiger partial charge in [-0.1, -0.05) is 6.92 Å². The molecule has 0 unspecified atom stereocenters. The largest absolute Gasteiger partial charge is 0.476 e. The Labute approximate surface area is 232 Å². The van der Waals surface area contributed by atoms with Crippen molar-refractivity contribution in [1.29, 1.82) is 0 Å². The molecule has 0 saturated heterocycles. The van der Waals surface area contributed by atoms with Gasteiger partial charge in [-0.3, -0.25) is 9.59 Å². The van der Waals surface area contributed by atoms with E-state index >= 15 is 0 Å². The molecule has 2 aromatic rings. The number of carbonyl (C=O) groups is 1. The summed E-state index contributed by atoms with van der Waals surface area (Å²) in [5.74, 6) is 0.528. The van der Waals surface area contributed by atoms with Gasteiger partial charge in [-0.25, -0.2) is 10.1 Å². The normalized spacial score (nSPS) is 11.7. The van der Waals surface area contributed by atoms with Gasteiger partial charge in [-0.2, -0.15) is 0 Å². The van der Waals surface area contributed by atoms with Crippen LogP contribution in [0.3, 0.4) is 0 Å². The van der Waals surface area contributed by atoms with Crippen molar-refractivity contribution >= 4 is 28.4 Å². The van der Waals surface area contributed by atoms with Crippen LogP contribution in [0.4, 0.5) is 5.69 Å². The number of hydrogen-bond donors (Lipinski definition) is 3. The molecule has 0 aliphatic rings. The van der Waals surface area contributed by atoms with Crippen LogP contribution in [0.25, 0.3) is 10.8 Å². The Balaban J connectivity index is 1.72. The van der Waals surface area contributed by atoms with E-state index in [2.05, 4.69) is 37.6 Å². The number of hydrogen-bond acceptors (Lipinski definition) is 7. The number of anilines is 1. The van der Waals surface area contributed by atoms with Crippen molar-refractivity contribution < 1.29 is 14.3 Å². The molecule has 0 aliphatic carbocycles. The van der Waals surface area contributed by atoms with Crippen LogP contribution in [0.5, 0.6) is 5.88 Å². The number of unbranched alkanes of at least 4 members (excludes halogenated alkanes) is 2. The van der Waals surface area contributed by atoms with E-state index in [0.29, 0.717) is 43.5 Å². The van der Waals surface area contributed by atoms with E-state index in [1.807, 2.05) is 52.8 Å². The van der Waals surface area contributed by atoms with Crippen LogP contribution in [-0.2, 0) is 9.53 Å². The molecule has 0 saturated carbocycles. The highest BCUT2D eigenvalue weighted by Gasteiger charge is 2.12. The highest BCUT2D eigenvalue weighted by Crippen LogP contribution is 2.26. The molecule has 0 fully saturated rings. The van der Waals surface area contributed by atoms with Crippen molar-refractivity contribution in [3.05, 3.63) is 28.6 Å². The fourth-order valence-corrected chi connectivity index (χ4v) is 4.00. The maximum Gasteiger partial charge on any atom is 0.285 e. The first kappa shape index (κ1) is 31.9. The summed E-state index contributed by atoms with van der Waals surface area (Å²) < 4.78 is 11.5. The van der Waals surface area contributed by atoms with E-state index in [1.54, 1.807) is 0 Å². The molecule has 2 rings (SSSR count). The van der Waals surface area contributed by atoms with E-state index in [9.17, 15) is 9.59 Å². The Morgan fingerprint density at radius 3 is 2.56 bits per heavy atom. The smallest absolute Gasteiger partial charge is 0.285 e. The molecule has 3 N–H and O–H groups in total. The predicted octanol–water partition coefficient (Wildman–Crippen LogP) is 4.38. The first-order valence-electron chi connectivity index (χ1n) is 14.4. The van der Waals surface area contributed by atoms with Crippen LogP contribution >= 0.6 is 0 Å². The Kier molecular flexibility index (Phi) is 14.2. The second-order valence-corrected chi connectivity index (χ2v) is 10.2. The number of amides is 1. The van der Waals surface area contributed by atoms with Gasteiger partial charge in [0, 0.05) is 43.8 Å². The molecule has 10 nitrogen and oxygen atoms in total. The zero-order valence-electron chi connectivity index (χ0n) is 24.6. The fraction of sp³-hybridized carbons (Fsp3) is 0.655. The molecule has 0 bridgehead atoms.